The molecule has 0 heterocycles. The van der Waals surface area contributed by atoms with Crippen LogP contribution in [-0.4, -0.2) is 12.6 Å². The summed E-state index contributed by atoms with van der Waals surface area (Å²) in [5.74, 6) is 6.17. The highest BCUT2D eigenvalue weighted by Gasteiger charge is 2.05. The minimum atomic E-state index is 0.686. The zero-order valence-electron chi connectivity index (χ0n) is 14.3. The summed E-state index contributed by atoms with van der Waals surface area (Å²) in [7, 11) is 0. The van der Waals surface area contributed by atoms with Crippen LogP contribution in [0.2, 0.25) is 0 Å². The Morgan fingerprint density at radius 2 is 1.40 bits per heavy atom. The summed E-state index contributed by atoms with van der Waals surface area (Å²) in [6, 6.07) is 0.686. The van der Waals surface area contributed by atoms with Crippen molar-refractivity contribution in [2.45, 2.75) is 104 Å². The second kappa shape index (κ2) is 16.6. The van der Waals surface area contributed by atoms with Gasteiger partial charge in [0.1, 0.15) is 0 Å². The molecule has 0 aromatic carbocycles. The average Bonchev–Trinajstić information content (AvgIpc) is 2.45. The summed E-state index contributed by atoms with van der Waals surface area (Å²) in [4.78, 5) is 0. The molecular formula is C19H37N. The van der Waals surface area contributed by atoms with Crippen LogP contribution < -0.4 is 5.32 Å². The average molecular weight is 280 g/mol. The van der Waals surface area contributed by atoms with Gasteiger partial charge in [0.2, 0.25) is 0 Å². The van der Waals surface area contributed by atoms with Gasteiger partial charge in [0, 0.05) is 12.5 Å². The molecule has 20 heavy (non-hydrogen) atoms. The van der Waals surface area contributed by atoms with E-state index in [2.05, 4.69) is 31.0 Å². The van der Waals surface area contributed by atoms with Gasteiger partial charge in [-0.15, -0.1) is 11.8 Å². The van der Waals surface area contributed by atoms with Crippen molar-refractivity contribution in [2.24, 2.45) is 0 Å². The smallest absolute Gasteiger partial charge is 0.0103 e. The van der Waals surface area contributed by atoms with E-state index in [0.29, 0.717) is 6.04 Å². The van der Waals surface area contributed by atoms with E-state index >= 15 is 0 Å². The zero-order chi connectivity index (χ0) is 14.9. The van der Waals surface area contributed by atoms with Crippen LogP contribution in [-0.2, 0) is 0 Å². The largest absolute Gasteiger partial charge is 0.314 e. The van der Waals surface area contributed by atoms with Crippen molar-refractivity contribution < 1.29 is 0 Å². The summed E-state index contributed by atoms with van der Waals surface area (Å²) >= 11 is 0. The fourth-order valence-corrected chi connectivity index (χ4v) is 2.71. The van der Waals surface area contributed by atoms with Crippen LogP contribution in [0, 0.1) is 11.8 Å². The Labute approximate surface area is 128 Å². The Hall–Kier alpha value is -0.480. The third kappa shape index (κ3) is 13.9. The van der Waals surface area contributed by atoms with Gasteiger partial charge in [-0.2, -0.15) is 0 Å². The number of nitrogens with one attached hydrogen (secondary N) is 1. The van der Waals surface area contributed by atoms with Crippen LogP contribution >= 0.6 is 0 Å². The maximum Gasteiger partial charge on any atom is 0.0103 e. The number of rotatable bonds is 14. The van der Waals surface area contributed by atoms with Crippen LogP contribution in [0.15, 0.2) is 0 Å². The van der Waals surface area contributed by atoms with E-state index < -0.39 is 0 Å². The van der Waals surface area contributed by atoms with Crippen molar-refractivity contribution >= 4 is 0 Å². The predicted molar refractivity (Wildman–Crippen MR) is 92.0 cm³/mol. The van der Waals surface area contributed by atoms with E-state index in [-0.39, 0.29) is 0 Å². The summed E-state index contributed by atoms with van der Waals surface area (Å²) in [5.41, 5.74) is 0. The molecule has 1 heteroatoms. The quantitative estimate of drug-likeness (QED) is 0.318. The van der Waals surface area contributed by atoms with Gasteiger partial charge in [0.05, 0.1) is 0 Å². The predicted octanol–water partition coefficient (Wildman–Crippen LogP) is 5.69. The third-order valence-electron chi connectivity index (χ3n) is 3.94. The Balaban J connectivity index is 3.40. The molecule has 0 rings (SSSR count). The van der Waals surface area contributed by atoms with Crippen molar-refractivity contribution in [2.75, 3.05) is 6.54 Å². The van der Waals surface area contributed by atoms with Crippen LogP contribution in [0.4, 0.5) is 0 Å². The minimum Gasteiger partial charge on any atom is -0.314 e. The second-order valence-electron chi connectivity index (χ2n) is 5.84. The Morgan fingerprint density at radius 1 is 0.800 bits per heavy atom. The van der Waals surface area contributed by atoms with Crippen LogP contribution in [0.1, 0.15) is 97.8 Å². The maximum absolute atomic E-state index is 3.60. The zero-order valence-corrected chi connectivity index (χ0v) is 14.3. The van der Waals surface area contributed by atoms with E-state index in [1.165, 1.54) is 70.6 Å². The third-order valence-corrected chi connectivity index (χ3v) is 3.94. The summed E-state index contributed by atoms with van der Waals surface area (Å²) in [5, 5.41) is 3.60. The minimum absolute atomic E-state index is 0.686. The highest BCUT2D eigenvalue weighted by molar-refractivity contribution is 4.95. The van der Waals surface area contributed by atoms with Gasteiger partial charge in [-0.05, 0) is 26.3 Å². The normalized spacial score (nSPS) is 11.9. The molecule has 0 aliphatic heterocycles. The van der Waals surface area contributed by atoms with Crippen molar-refractivity contribution in [3.05, 3.63) is 0 Å². The number of unbranched alkanes of at least 4 members (excludes halogenated alkanes) is 8. The molecule has 0 saturated carbocycles. The molecule has 1 N–H and O–H groups in total. The monoisotopic (exact) mass is 279 g/mol. The SMILES string of the molecule is CC#CCCC(CCCCCCCCCCC)NCC. The molecule has 0 radical (unpaired) electrons. The van der Waals surface area contributed by atoms with Crippen LogP contribution in [0.3, 0.4) is 0 Å². The fraction of sp³-hybridized carbons (Fsp3) is 0.895. The van der Waals surface area contributed by atoms with Crippen molar-refractivity contribution in [1.82, 2.24) is 5.32 Å². The van der Waals surface area contributed by atoms with E-state index in [0.717, 1.165) is 13.0 Å². The van der Waals surface area contributed by atoms with E-state index in [1.807, 2.05) is 6.92 Å². The first kappa shape index (κ1) is 19.5. The second-order valence-corrected chi connectivity index (χ2v) is 5.84. The van der Waals surface area contributed by atoms with Gasteiger partial charge >= 0.3 is 0 Å². The fourth-order valence-electron chi connectivity index (χ4n) is 2.71. The van der Waals surface area contributed by atoms with Crippen LogP contribution in [0.5, 0.6) is 0 Å². The Morgan fingerprint density at radius 3 is 1.95 bits per heavy atom. The highest BCUT2D eigenvalue weighted by atomic mass is 14.9. The topological polar surface area (TPSA) is 12.0 Å². The van der Waals surface area contributed by atoms with Crippen LogP contribution in [0.25, 0.3) is 0 Å². The van der Waals surface area contributed by atoms with E-state index in [4.69, 9.17) is 0 Å². The molecule has 0 bridgehead atoms. The summed E-state index contributed by atoms with van der Waals surface area (Å²) in [6.07, 6.45) is 16.4. The molecule has 1 atom stereocenters. The standard InChI is InChI=1S/C19H37N/c1-4-7-9-10-11-12-13-14-16-18-19(20-6-3)17-15-8-5-2/h19-20H,4,6-7,9-18H2,1-3H3. The van der Waals surface area contributed by atoms with Gasteiger partial charge in [-0.25, -0.2) is 0 Å². The number of hydrogen-bond donors (Lipinski definition) is 1. The molecule has 0 saturated heterocycles. The molecule has 118 valence electrons. The van der Waals surface area contributed by atoms with Gasteiger partial charge in [0.25, 0.3) is 0 Å². The van der Waals surface area contributed by atoms with Gasteiger partial charge in [0.15, 0.2) is 0 Å². The molecule has 0 aliphatic carbocycles. The molecule has 0 spiro atoms. The Bertz CT molecular complexity index is 236. The van der Waals surface area contributed by atoms with Crippen molar-refractivity contribution in [3.8, 4) is 11.8 Å². The first-order chi connectivity index (χ1) is 9.85. The molecular weight excluding hydrogens is 242 g/mol. The van der Waals surface area contributed by atoms with Gasteiger partial charge in [-0.1, -0.05) is 71.6 Å². The summed E-state index contributed by atoms with van der Waals surface area (Å²) in [6.45, 7) is 7.51. The van der Waals surface area contributed by atoms with Crippen molar-refractivity contribution in [1.29, 1.82) is 0 Å². The Kier molecular flexibility index (Phi) is 16.2. The van der Waals surface area contributed by atoms with E-state index in [9.17, 15) is 0 Å². The maximum atomic E-state index is 3.60. The lowest BCUT2D eigenvalue weighted by Crippen LogP contribution is -2.28. The molecule has 0 fully saturated rings. The molecule has 1 nitrogen and oxygen atoms in total. The lowest BCUT2D eigenvalue weighted by molar-refractivity contribution is 0.442. The molecule has 0 aromatic rings. The van der Waals surface area contributed by atoms with Gasteiger partial charge in [-0.3, -0.25) is 0 Å². The summed E-state index contributed by atoms with van der Waals surface area (Å²) < 4.78 is 0. The lowest BCUT2D eigenvalue weighted by Gasteiger charge is -2.16. The highest BCUT2D eigenvalue weighted by Crippen LogP contribution is 2.12. The van der Waals surface area contributed by atoms with E-state index in [1.54, 1.807) is 0 Å². The lowest BCUT2D eigenvalue weighted by atomic mass is 10.0. The molecule has 0 aromatic heterocycles. The molecule has 1 unspecified atom stereocenters. The van der Waals surface area contributed by atoms with Gasteiger partial charge < -0.3 is 5.32 Å². The molecule has 0 amide bonds. The van der Waals surface area contributed by atoms with Crippen molar-refractivity contribution in [3.63, 3.8) is 0 Å². The molecule has 0 aliphatic rings. The first-order valence-electron chi connectivity index (χ1n) is 8.98. The number of hydrogen-bond acceptors (Lipinski definition) is 1. The first-order valence-corrected chi connectivity index (χ1v) is 8.98.